The maximum atomic E-state index is 5.83. The molecule has 1 unspecified atom stereocenters. The smallest absolute Gasteiger partial charge is 0.0533 e. The summed E-state index contributed by atoms with van der Waals surface area (Å²) in [5, 5.41) is 4.43. The van der Waals surface area contributed by atoms with E-state index < -0.39 is 0 Å². The molecule has 0 fully saturated rings. The van der Waals surface area contributed by atoms with E-state index in [0.29, 0.717) is 6.54 Å². The predicted octanol–water partition coefficient (Wildman–Crippen LogP) is 2.97. The summed E-state index contributed by atoms with van der Waals surface area (Å²) in [6, 6.07) is 8.24. The molecule has 1 aromatic heterocycles. The van der Waals surface area contributed by atoms with Gasteiger partial charge in [0, 0.05) is 40.0 Å². The Labute approximate surface area is 114 Å². The standard InChI is InChI=1S/C12H14BrN3S/c1-16-8-9(7-15-16)12(6-14)17-11-4-2-3-10(13)5-11/h2-5,7-8,12H,6,14H2,1H3. The molecular formula is C12H14BrN3S. The van der Waals surface area contributed by atoms with Crippen molar-refractivity contribution in [3.8, 4) is 0 Å². The average Bonchev–Trinajstić information content (AvgIpc) is 2.73. The summed E-state index contributed by atoms with van der Waals surface area (Å²) in [6.45, 7) is 0.600. The normalized spacial score (nSPS) is 12.6. The topological polar surface area (TPSA) is 43.8 Å². The minimum absolute atomic E-state index is 0.248. The zero-order valence-electron chi connectivity index (χ0n) is 9.51. The largest absolute Gasteiger partial charge is 0.329 e. The fourth-order valence-corrected chi connectivity index (χ4v) is 3.15. The van der Waals surface area contributed by atoms with Gasteiger partial charge in [0.1, 0.15) is 0 Å². The number of benzene rings is 1. The molecule has 1 heterocycles. The molecule has 5 heteroatoms. The van der Waals surface area contributed by atoms with Crippen molar-refractivity contribution in [3.05, 3.63) is 46.7 Å². The number of hydrogen-bond donors (Lipinski definition) is 1. The quantitative estimate of drug-likeness (QED) is 0.883. The highest BCUT2D eigenvalue weighted by Crippen LogP contribution is 2.35. The summed E-state index contributed by atoms with van der Waals surface area (Å²) in [4.78, 5) is 1.21. The van der Waals surface area contributed by atoms with Crippen molar-refractivity contribution in [3.63, 3.8) is 0 Å². The maximum absolute atomic E-state index is 5.83. The predicted molar refractivity (Wildman–Crippen MR) is 75.0 cm³/mol. The van der Waals surface area contributed by atoms with E-state index in [1.165, 1.54) is 10.5 Å². The molecule has 0 spiro atoms. The highest BCUT2D eigenvalue weighted by atomic mass is 79.9. The van der Waals surface area contributed by atoms with E-state index in [1.54, 1.807) is 16.4 Å². The van der Waals surface area contributed by atoms with Crippen molar-refractivity contribution in [1.82, 2.24) is 9.78 Å². The van der Waals surface area contributed by atoms with Crippen LogP contribution in [0.2, 0.25) is 0 Å². The lowest BCUT2D eigenvalue weighted by Crippen LogP contribution is -2.08. The number of aromatic nitrogens is 2. The van der Waals surface area contributed by atoms with Crippen LogP contribution in [0.25, 0.3) is 0 Å². The summed E-state index contributed by atoms with van der Waals surface area (Å²) in [6.07, 6.45) is 3.89. The molecule has 1 atom stereocenters. The molecule has 1 aromatic carbocycles. The molecule has 2 rings (SSSR count). The number of thioether (sulfide) groups is 1. The van der Waals surface area contributed by atoms with E-state index >= 15 is 0 Å². The van der Waals surface area contributed by atoms with E-state index in [0.717, 1.165) is 4.47 Å². The Morgan fingerprint density at radius 3 is 2.94 bits per heavy atom. The monoisotopic (exact) mass is 311 g/mol. The fourth-order valence-electron chi connectivity index (χ4n) is 1.56. The number of rotatable bonds is 4. The first-order valence-corrected chi connectivity index (χ1v) is 6.97. The Balaban J connectivity index is 2.15. The third kappa shape index (κ3) is 3.34. The number of hydrogen-bond acceptors (Lipinski definition) is 3. The van der Waals surface area contributed by atoms with Crippen LogP contribution >= 0.6 is 27.7 Å². The molecule has 0 aliphatic rings. The van der Waals surface area contributed by atoms with Crippen molar-refractivity contribution >= 4 is 27.7 Å². The van der Waals surface area contributed by atoms with Gasteiger partial charge < -0.3 is 5.73 Å². The molecule has 0 aliphatic heterocycles. The maximum Gasteiger partial charge on any atom is 0.0533 e. The van der Waals surface area contributed by atoms with Crippen molar-refractivity contribution in [2.24, 2.45) is 12.8 Å². The van der Waals surface area contributed by atoms with Crippen molar-refractivity contribution < 1.29 is 0 Å². The van der Waals surface area contributed by atoms with Gasteiger partial charge in [-0.15, -0.1) is 11.8 Å². The van der Waals surface area contributed by atoms with Gasteiger partial charge in [0.2, 0.25) is 0 Å². The fraction of sp³-hybridized carbons (Fsp3) is 0.250. The minimum Gasteiger partial charge on any atom is -0.329 e. The molecule has 0 amide bonds. The molecule has 0 saturated heterocycles. The molecular weight excluding hydrogens is 298 g/mol. The summed E-state index contributed by atoms with van der Waals surface area (Å²) < 4.78 is 2.89. The van der Waals surface area contributed by atoms with Crippen LogP contribution in [0, 0.1) is 0 Å². The molecule has 90 valence electrons. The lowest BCUT2D eigenvalue weighted by atomic mass is 10.2. The van der Waals surface area contributed by atoms with E-state index in [1.807, 2.05) is 31.6 Å². The van der Waals surface area contributed by atoms with E-state index in [2.05, 4.69) is 33.2 Å². The Morgan fingerprint density at radius 1 is 1.53 bits per heavy atom. The third-order valence-electron chi connectivity index (χ3n) is 2.39. The van der Waals surface area contributed by atoms with Crippen LogP contribution in [0.3, 0.4) is 0 Å². The van der Waals surface area contributed by atoms with Gasteiger partial charge in [0.25, 0.3) is 0 Å². The van der Waals surface area contributed by atoms with Crippen LogP contribution < -0.4 is 5.73 Å². The summed E-state index contributed by atoms with van der Waals surface area (Å²) in [7, 11) is 1.92. The van der Waals surface area contributed by atoms with Crippen LogP contribution in [-0.2, 0) is 7.05 Å². The van der Waals surface area contributed by atoms with Crippen LogP contribution in [0.15, 0.2) is 46.0 Å². The second kappa shape index (κ2) is 5.71. The van der Waals surface area contributed by atoms with E-state index in [4.69, 9.17) is 5.73 Å². The molecule has 0 saturated carbocycles. The van der Waals surface area contributed by atoms with Crippen molar-refractivity contribution in [2.45, 2.75) is 10.1 Å². The van der Waals surface area contributed by atoms with Crippen LogP contribution in [0.4, 0.5) is 0 Å². The first-order chi connectivity index (χ1) is 8.19. The summed E-state index contributed by atoms with van der Waals surface area (Å²) in [5.74, 6) is 0. The molecule has 3 nitrogen and oxygen atoms in total. The number of aryl methyl sites for hydroxylation is 1. The van der Waals surface area contributed by atoms with Crippen molar-refractivity contribution in [1.29, 1.82) is 0 Å². The Kier molecular flexibility index (Phi) is 4.25. The van der Waals surface area contributed by atoms with Gasteiger partial charge in [0.05, 0.1) is 6.20 Å². The molecule has 0 radical (unpaired) electrons. The first kappa shape index (κ1) is 12.7. The number of nitrogens with two attached hydrogens (primary N) is 1. The lowest BCUT2D eigenvalue weighted by Gasteiger charge is -2.12. The highest BCUT2D eigenvalue weighted by Gasteiger charge is 2.13. The average molecular weight is 312 g/mol. The highest BCUT2D eigenvalue weighted by molar-refractivity contribution is 9.10. The van der Waals surface area contributed by atoms with Gasteiger partial charge in [-0.3, -0.25) is 4.68 Å². The molecule has 2 N–H and O–H groups in total. The van der Waals surface area contributed by atoms with Gasteiger partial charge >= 0.3 is 0 Å². The lowest BCUT2D eigenvalue weighted by molar-refractivity contribution is 0.766. The Hall–Kier alpha value is -0.780. The minimum atomic E-state index is 0.248. The second-order valence-corrected chi connectivity index (χ2v) is 5.94. The van der Waals surface area contributed by atoms with Gasteiger partial charge in [-0.25, -0.2) is 0 Å². The second-order valence-electron chi connectivity index (χ2n) is 3.75. The van der Waals surface area contributed by atoms with Gasteiger partial charge in [-0.2, -0.15) is 5.10 Å². The van der Waals surface area contributed by atoms with E-state index in [9.17, 15) is 0 Å². The SMILES string of the molecule is Cn1cc(C(CN)Sc2cccc(Br)c2)cn1. The van der Waals surface area contributed by atoms with Crippen molar-refractivity contribution in [2.75, 3.05) is 6.54 Å². The van der Waals surface area contributed by atoms with Crippen LogP contribution in [0.1, 0.15) is 10.8 Å². The zero-order valence-corrected chi connectivity index (χ0v) is 11.9. The van der Waals surface area contributed by atoms with Crippen LogP contribution in [0.5, 0.6) is 0 Å². The Morgan fingerprint density at radius 2 is 2.35 bits per heavy atom. The molecule has 0 bridgehead atoms. The Bertz CT molecular complexity index is 498. The van der Waals surface area contributed by atoms with Crippen LogP contribution in [-0.4, -0.2) is 16.3 Å². The first-order valence-electron chi connectivity index (χ1n) is 5.30. The molecule has 17 heavy (non-hydrogen) atoms. The summed E-state index contributed by atoms with van der Waals surface area (Å²) in [5.41, 5.74) is 7.00. The third-order valence-corrected chi connectivity index (χ3v) is 4.15. The number of nitrogens with zero attached hydrogens (tertiary/aromatic N) is 2. The van der Waals surface area contributed by atoms with Gasteiger partial charge in [-0.1, -0.05) is 22.0 Å². The molecule has 0 aliphatic carbocycles. The van der Waals surface area contributed by atoms with E-state index in [-0.39, 0.29) is 5.25 Å². The van der Waals surface area contributed by atoms with Gasteiger partial charge in [-0.05, 0) is 18.2 Å². The molecule has 2 aromatic rings. The number of halogens is 1. The summed E-state index contributed by atoms with van der Waals surface area (Å²) >= 11 is 5.23. The zero-order chi connectivity index (χ0) is 12.3. The van der Waals surface area contributed by atoms with Gasteiger partial charge in [0.15, 0.2) is 0 Å².